The predicted octanol–water partition coefficient (Wildman–Crippen LogP) is 6.04. The van der Waals surface area contributed by atoms with Gasteiger partial charge in [-0.05, 0) is 72.2 Å². The van der Waals surface area contributed by atoms with Gasteiger partial charge in [0, 0.05) is 0 Å². The van der Waals surface area contributed by atoms with Gasteiger partial charge in [-0.1, -0.05) is 42.3 Å². The molecular weight excluding hydrogens is 531 g/mol. The number of carbonyl (C=O) groups is 3. The van der Waals surface area contributed by atoms with Crippen LogP contribution in [0.2, 0.25) is 10.0 Å². The molecule has 0 aromatic heterocycles. The molecule has 0 aliphatic carbocycles. The van der Waals surface area contributed by atoms with Crippen molar-refractivity contribution in [2.75, 3.05) is 18.6 Å². The Labute approximate surface area is 229 Å². The Balaban J connectivity index is 1.55. The first-order valence-corrected chi connectivity index (χ1v) is 12.5. The van der Waals surface area contributed by atoms with Crippen LogP contribution in [0.4, 0.5) is 10.5 Å². The Kier molecular flexibility index (Phi) is 8.55. The van der Waals surface area contributed by atoms with E-state index in [9.17, 15) is 14.4 Å². The smallest absolute Gasteiger partial charge is 0.335 e. The van der Waals surface area contributed by atoms with E-state index in [2.05, 4.69) is 5.32 Å². The Bertz CT molecular complexity index is 1400. The molecule has 1 fully saturated rings. The minimum Gasteiger partial charge on any atom is -0.494 e. The fourth-order valence-corrected chi connectivity index (χ4v) is 3.97. The van der Waals surface area contributed by atoms with Gasteiger partial charge in [0.15, 0.2) is 11.5 Å². The molecule has 8 nitrogen and oxygen atoms in total. The van der Waals surface area contributed by atoms with Crippen molar-refractivity contribution in [3.63, 3.8) is 0 Å². The van der Waals surface area contributed by atoms with Gasteiger partial charge < -0.3 is 14.2 Å². The van der Waals surface area contributed by atoms with Gasteiger partial charge in [0.2, 0.25) is 0 Å². The van der Waals surface area contributed by atoms with Crippen molar-refractivity contribution >= 4 is 52.8 Å². The maximum atomic E-state index is 13.2. The molecule has 0 radical (unpaired) electrons. The second-order valence-electron chi connectivity index (χ2n) is 8.25. The summed E-state index contributed by atoms with van der Waals surface area (Å²) in [5.41, 5.74) is 1.41. The summed E-state index contributed by atoms with van der Waals surface area (Å²) < 4.78 is 16.9. The summed E-state index contributed by atoms with van der Waals surface area (Å²) in [6.45, 7) is 2.75. The predicted molar refractivity (Wildman–Crippen MR) is 145 cm³/mol. The van der Waals surface area contributed by atoms with Crippen LogP contribution in [0.15, 0.2) is 66.2 Å². The number of hydrogen-bond donors (Lipinski definition) is 1. The zero-order chi connectivity index (χ0) is 27.2. The summed E-state index contributed by atoms with van der Waals surface area (Å²) >= 11 is 12.0. The SMILES string of the molecule is CCCOc1ccc(N2C(=O)NC(=O)/C(=C/c3ccc(OCc4ccc(Cl)c(Cl)c4)c(OC)c3)C2=O)cc1. The van der Waals surface area contributed by atoms with E-state index in [1.807, 2.05) is 6.92 Å². The van der Waals surface area contributed by atoms with Crippen molar-refractivity contribution in [1.29, 1.82) is 0 Å². The molecular formula is C28H24Cl2N2O6. The number of anilines is 1. The number of nitrogens with zero attached hydrogens (tertiary/aromatic N) is 1. The minimum absolute atomic E-state index is 0.206. The van der Waals surface area contributed by atoms with E-state index in [1.54, 1.807) is 60.7 Å². The average molecular weight is 555 g/mol. The number of barbiturate groups is 1. The molecule has 3 aromatic rings. The quantitative estimate of drug-likeness (QED) is 0.256. The van der Waals surface area contributed by atoms with Gasteiger partial charge in [-0.2, -0.15) is 0 Å². The number of urea groups is 1. The first kappa shape index (κ1) is 27.0. The van der Waals surface area contributed by atoms with E-state index in [4.69, 9.17) is 37.4 Å². The zero-order valence-electron chi connectivity index (χ0n) is 20.6. The van der Waals surface area contributed by atoms with Crippen molar-refractivity contribution in [2.24, 2.45) is 0 Å². The number of nitrogens with one attached hydrogen (secondary N) is 1. The number of rotatable bonds is 9. The molecule has 4 rings (SSSR count). The molecule has 1 aliphatic rings. The summed E-state index contributed by atoms with van der Waals surface area (Å²) in [5.74, 6) is -0.0974. The molecule has 10 heteroatoms. The number of halogens is 2. The first-order valence-electron chi connectivity index (χ1n) is 11.7. The molecule has 1 aliphatic heterocycles. The van der Waals surface area contributed by atoms with Crippen LogP contribution in [0, 0.1) is 0 Å². The van der Waals surface area contributed by atoms with Crippen LogP contribution >= 0.6 is 23.2 Å². The number of carbonyl (C=O) groups excluding carboxylic acids is 3. The van der Waals surface area contributed by atoms with Crippen LogP contribution in [-0.2, 0) is 16.2 Å². The van der Waals surface area contributed by atoms with Crippen LogP contribution in [0.5, 0.6) is 17.2 Å². The highest BCUT2D eigenvalue weighted by molar-refractivity contribution is 6.42. The van der Waals surface area contributed by atoms with E-state index in [0.29, 0.717) is 45.2 Å². The van der Waals surface area contributed by atoms with Gasteiger partial charge in [-0.3, -0.25) is 14.9 Å². The summed E-state index contributed by atoms with van der Waals surface area (Å²) in [6, 6.07) is 15.8. The molecule has 38 heavy (non-hydrogen) atoms. The van der Waals surface area contributed by atoms with Crippen molar-refractivity contribution in [1.82, 2.24) is 5.32 Å². The summed E-state index contributed by atoms with van der Waals surface area (Å²) in [7, 11) is 1.48. The monoisotopic (exact) mass is 554 g/mol. The van der Waals surface area contributed by atoms with Crippen molar-refractivity contribution in [2.45, 2.75) is 20.0 Å². The normalized spacial score (nSPS) is 14.5. The van der Waals surface area contributed by atoms with Gasteiger partial charge in [0.25, 0.3) is 11.8 Å². The molecule has 4 amide bonds. The molecule has 0 saturated carbocycles. The molecule has 0 atom stereocenters. The van der Waals surface area contributed by atoms with E-state index in [0.717, 1.165) is 16.9 Å². The summed E-state index contributed by atoms with van der Waals surface area (Å²) in [5, 5.41) is 3.09. The molecule has 0 spiro atoms. The lowest BCUT2D eigenvalue weighted by Gasteiger charge is -2.26. The maximum Gasteiger partial charge on any atom is 0.335 e. The highest BCUT2D eigenvalue weighted by Crippen LogP contribution is 2.31. The lowest BCUT2D eigenvalue weighted by Crippen LogP contribution is -2.54. The lowest BCUT2D eigenvalue weighted by atomic mass is 10.1. The highest BCUT2D eigenvalue weighted by Gasteiger charge is 2.36. The van der Waals surface area contributed by atoms with Crippen molar-refractivity contribution in [3.05, 3.63) is 87.4 Å². The fourth-order valence-electron chi connectivity index (χ4n) is 3.65. The Morgan fingerprint density at radius 2 is 1.66 bits per heavy atom. The number of imide groups is 2. The van der Waals surface area contributed by atoms with E-state index in [-0.39, 0.29) is 12.2 Å². The Hall–Kier alpha value is -4.01. The molecule has 0 unspecified atom stereocenters. The van der Waals surface area contributed by atoms with Crippen molar-refractivity contribution < 1.29 is 28.6 Å². The third-order valence-electron chi connectivity index (χ3n) is 5.55. The fraction of sp³-hybridized carbons (Fsp3) is 0.179. The highest BCUT2D eigenvalue weighted by atomic mass is 35.5. The topological polar surface area (TPSA) is 94.2 Å². The minimum atomic E-state index is -0.831. The van der Waals surface area contributed by atoms with Crippen LogP contribution in [0.1, 0.15) is 24.5 Å². The van der Waals surface area contributed by atoms with Crippen LogP contribution in [0.25, 0.3) is 6.08 Å². The first-order chi connectivity index (χ1) is 18.3. The number of benzene rings is 3. The van der Waals surface area contributed by atoms with Gasteiger partial charge in [0.1, 0.15) is 17.9 Å². The summed E-state index contributed by atoms with van der Waals surface area (Å²) in [6.07, 6.45) is 2.24. The Morgan fingerprint density at radius 1 is 0.895 bits per heavy atom. The van der Waals surface area contributed by atoms with Crippen LogP contribution in [0.3, 0.4) is 0 Å². The second kappa shape index (κ2) is 12.0. The molecule has 1 N–H and O–H groups in total. The van der Waals surface area contributed by atoms with Gasteiger partial charge in [-0.25, -0.2) is 9.69 Å². The molecule has 1 heterocycles. The van der Waals surface area contributed by atoms with E-state index >= 15 is 0 Å². The third-order valence-corrected chi connectivity index (χ3v) is 6.29. The number of methoxy groups -OCH3 is 1. The third kappa shape index (κ3) is 6.10. The van der Waals surface area contributed by atoms with E-state index < -0.39 is 17.8 Å². The lowest BCUT2D eigenvalue weighted by molar-refractivity contribution is -0.122. The number of amides is 4. The second-order valence-corrected chi connectivity index (χ2v) is 9.06. The Morgan fingerprint density at radius 3 is 2.34 bits per heavy atom. The van der Waals surface area contributed by atoms with Crippen LogP contribution < -0.4 is 24.4 Å². The standard InChI is InChI=1S/C28H24Cl2N2O6/c1-3-12-37-20-8-6-19(7-9-20)32-27(34)21(26(33)31-28(32)35)13-17-5-11-24(25(15-17)36-2)38-16-18-4-10-22(29)23(30)14-18/h4-11,13-15H,3,12,16H2,1-2H3,(H,31,33,35)/b21-13-. The molecule has 0 bridgehead atoms. The summed E-state index contributed by atoms with van der Waals surface area (Å²) in [4.78, 5) is 39.2. The number of ether oxygens (including phenoxy) is 3. The van der Waals surface area contributed by atoms with Gasteiger partial charge in [-0.15, -0.1) is 0 Å². The van der Waals surface area contributed by atoms with Gasteiger partial charge >= 0.3 is 6.03 Å². The molecule has 1 saturated heterocycles. The molecule has 3 aromatic carbocycles. The largest absolute Gasteiger partial charge is 0.494 e. The average Bonchev–Trinajstić information content (AvgIpc) is 2.91. The van der Waals surface area contributed by atoms with Gasteiger partial charge in [0.05, 0.1) is 29.4 Å². The zero-order valence-corrected chi connectivity index (χ0v) is 22.1. The molecule has 196 valence electrons. The maximum absolute atomic E-state index is 13.2. The van der Waals surface area contributed by atoms with E-state index in [1.165, 1.54) is 13.2 Å². The van der Waals surface area contributed by atoms with Crippen molar-refractivity contribution in [3.8, 4) is 17.2 Å². The number of hydrogen-bond acceptors (Lipinski definition) is 6. The van der Waals surface area contributed by atoms with Crippen LogP contribution in [-0.4, -0.2) is 31.6 Å².